The van der Waals surface area contributed by atoms with Crippen molar-refractivity contribution in [3.05, 3.63) is 35.9 Å². The molecule has 1 saturated heterocycles. The summed E-state index contributed by atoms with van der Waals surface area (Å²) in [7, 11) is 1.26. The molecular weight excluding hydrogens is 236 g/mol. The van der Waals surface area contributed by atoms with Crippen LogP contribution in [-0.2, 0) is 25.6 Å². The lowest BCUT2D eigenvalue weighted by atomic mass is 10.0. The lowest BCUT2D eigenvalue weighted by Gasteiger charge is -2.39. The van der Waals surface area contributed by atoms with Crippen LogP contribution in [0.4, 0.5) is 0 Å². The van der Waals surface area contributed by atoms with Gasteiger partial charge in [-0.25, -0.2) is 4.79 Å². The predicted molar refractivity (Wildman–Crippen MR) is 62.8 cm³/mol. The number of methoxy groups -OCH3 is 1. The number of hydrogen-bond acceptors (Lipinski definition) is 5. The molecule has 1 aliphatic rings. The average Bonchev–Trinajstić information content (AvgIpc) is 2.42. The van der Waals surface area contributed by atoms with Gasteiger partial charge in [-0.05, 0) is 5.56 Å². The van der Waals surface area contributed by atoms with Gasteiger partial charge < -0.3 is 19.3 Å². The van der Waals surface area contributed by atoms with Crippen molar-refractivity contribution in [3.63, 3.8) is 0 Å². The molecule has 0 radical (unpaired) electrons. The van der Waals surface area contributed by atoms with Gasteiger partial charge in [0.25, 0.3) is 0 Å². The van der Waals surface area contributed by atoms with E-state index in [4.69, 9.17) is 9.47 Å². The Morgan fingerprint density at radius 1 is 1.39 bits per heavy atom. The van der Waals surface area contributed by atoms with Crippen LogP contribution in [0.5, 0.6) is 0 Å². The number of aliphatic hydroxyl groups excluding tert-OH is 1. The molecule has 1 aliphatic heterocycles. The minimum absolute atomic E-state index is 0.254. The summed E-state index contributed by atoms with van der Waals surface area (Å²) in [5.74, 6) is -0.554. The van der Waals surface area contributed by atoms with Gasteiger partial charge in [0.1, 0.15) is 12.2 Å². The van der Waals surface area contributed by atoms with Crippen molar-refractivity contribution in [2.75, 3.05) is 13.7 Å². The summed E-state index contributed by atoms with van der Waals surface area (Å²) in [6.45, 7) is 0.708. The van der Waals surface area contributed by atoms with E-state index in [1.54, 1.807) is 0 Å². The third kappa shape index (κ3) is 2.87. The molecule has 5 nitrogen and oxygen atoms in total. The molecule has 0 aromatic heterocycles. The summed E-state index contributed by atoms with van der Waals surface area (Å²) < 4.78 is 15.1. The number of aliphatic hydroxyl groups is 1. The van der Waals surface area contributed by atoms with Crippen LogP contribution in [0.15, 0.2) is 30.3 Å². The number of esters is 1. The highest BCUT2D eigenvalue weighted by Crippen LogP contribution is 2.23. The van der Waals surface area contributed by atoms with Crippen LogP contribution < -0.4 is 0 Å². The average molecular weight is 252 g/mol. The van der Waals surface area contributed by atoms with E-state index in [9.17, 15) is 9.90 Å². The number of ether oxygens (including phenoxy) is 3. The van der Waals surface area contributed by atoms with Crippen LogP contribution >= 0.6 is 0 Å². The van der Waals surface area contributed by atoms with E-state index in [1.165, 1.54) is 7.11 Å². The van der Waals surface area contributed by atoms with Crippen LogP contribution in [0, 0.1) is 0 Å². The van der Waals surface area contributed by atoms with E-state index in [2.05, 4.69) is 4.74 Å². The summed E-state index contributed by atoms with van der Waals surface area (Å²) in [6, 6.07) is 9.70. The molecule has 2 rings (SSSR count). The van der Waals surface area contributed by atoms with Crippen LogP contribution in [-0.4, -0.2) is 43.1 Å². The second-order valence-corrected chi connectivity index (χ2v) is 4.11. The van der Waals surface area contributed by atoms with E-state index >= 15 is 0 Å². The highest BCUT2D eigenvalue weighted by Gasteiger charge is 2.46. The van der Waals surface area contributed by atoms with Gasteiger partial charge in [-0.3, -0.25) is 0 Å². The lowest BCUT2D eigenvalue weighted by molar-refractivity contribution is -0.243. The van der Waals surface area contributed by atoms with E-state index < -0.39 is 24.3 Å². The fraction of sp³-hybridized carbons (Fsp3) is 0.462. The van der Waals surface area contributed by atoms with Crippen molar-refractivity contribution in [1.29, 1.82) is 0 Å². The first-order chi connectivity index (χ1) is 8.72. The third-order valence-corrected chi connectivity index (χ3v) is 2.84. The molecule has 1 aromatic rings. The minimum atomic E-state index is -0.875. The summed E-state index contributed by atoms with van der Waals surface area (Å²) in [6.07, 6.45) is -2.19. The molecule has 1 N–H and O–H groups in total. The van der Waals surface area contributed by atoms with Gasteiger partial charge >= 0.3 is 5.97 Å². The fourth-order valence-corrected chi connectivity index (χ4v) is 1.77. The molecule has 1 aromatic carbocycles. The molecule has 1 fully saturated rings. The zero-order valence-electron chi connectivity index (χ0n) is 10.1. The Bertz CT molecular complexity index is 392. The first-order valence-corrected chi connectivity index (χ1v) is 5.75. The normalized spacial score (nSPS) is 26.4. The van der Waals surface area contributed by atoms with E-state index in [0.717, 1.165) is 5.56 Å². The molecule has 0 saturated carbocycles. The number of benzene rings is 1. The summed E-state index contributed by atoms with van der Waals surface area (Å²) in [4.78, 5) is 11.1. The molecule has 0 spiro atoms. The van der Waals surface area contributed by atoms with E-state index in [-0.39, 0.29) is 6.61 Å². The van der Waals surface area contributed by atoms with Gasteiger partial charge in [-0.1, -0.05) is 30.3 Å². The third-order valence-electron chi connectivity index (χ3n) is 2.84. The highest BCUT2D eigenvalue weighted by molar-refractivity contribution is 5.76. The molecule has 0 aliphatic carbocycles. The molecule has 3 atom stereocenters. The Balaban J connectivity index is 1.69. The number of rotatable bonds is 5. The molecule has 0 unspecified atom stereocenters. The summed E-state index contributed by atoms with van der Waals surface area (Å²) in [5, 5.41) is 9.66. The standard InChI is InChI=1S/C13H16O5/c1-16-13(15)12-11(14)10(18-12)8-17-7-9-5-3-2-4-6-9/h2-6,10-12,14H,7-8H2,1H3/t10-,11-,12+/m1/s1. The summed E-state index contributed by atoms with van der Waals surface area (Å²) >= 11 is 0. The Morgan fingerprint density at radius 2 is 2.11 bits per heavy atom. The maximum atomic E-state index is 11.1. The largest absolute Gasteiger partial charge is 0.467 e. The molecule has 0 bridgehead atoms. The van der Waals surface area contributed by atoms with Crippen LogP contribution in [0.25, 0.3) is 0 Å². The zero-order chi connectivity index (χ0) is 13.0. The van der Waals surface area contributed by atoms with Crippen LogP contribution in [0.1, 0.15) is 5.56 Å². The van der Waals surface area contributed by atoms with Crippen molar-refractivity contribution in [3.8, 4) is 0 Å². The first kappa shape index (κ1) is 13.0. The predicted octanol–water partition coefficient (Wildman–Crippen LogP) is 0.504. The molecule has 0 amide bonds. The van der Waals surface area contributed by atoms with Crippen molar-refractivity contribution in [2.24, 2.45) is 0 Å². The zero-order valence-corrected chi connectivity index (χ0v) is 10.1. The first-order valence-electron chi connectivity index (χ1n) is 5.75. The maximum Gasteiger partial charge on any atom is 0.337 e. The quantitative estimate of drug-likeness (QED) is 0.773. The van der Waals surface area contributed by atoms with Crippen LogP contribution in [0.3, 0.4) is 0 Å². The molecule has 98 valence electrons. The second kappa shape index (κ2) is 5.95. The number of carbonyl (C=O) groups excluding carboxylic acids is 1. The van der Waals surface area contributed by atoms with Crippen LogP contribution in [0.2, 0.25) is 0 Å². The fourth-order valence-electron chi connectivity index (χ4n) is 1.77. The summed E-state index contributed by atoms with van der Waals surface area (Å²) in [5.41, 5.74) is 1.05. The topological polar surface area (TPSA) is 65.0 Å². The Morgan fingerprint density at radius 3 is 2.72 bits per heavy atom. The van der Waals surface area contributed by atoms with Gasteiger partial charge in [0, 0.05) is 0 Å². The molecular formula is C13H16O5. The number of carbonyl (C=O) groups is 1. The minimum Gasteiger partial charge on any atom is -0.467 e. The Labute approximate surface area is 105 Å². The van der Waals surface area contributed by atoms with E-state index in [0.29, 0.717) is 6.61 Å². The smallest absolute Gasteiger partial charge is 0.337 e. The SMILES string of the molecule is COC(=O)[C@H]1O[C@H](COCc2ccccc2)[C@H]1O. The molecule has 5 heteroatoms. The number of hydrogen-bond donors (Lipinski definition) is 1. The highest BCUT2D eigenvalue weighted by atomic mass is 16.6. The Hall–Kier alpha value is -1.43. The molecule has 18 heavy (non-hydrogen) atoms. The lowest BCUT2D eigenvalue weighted by Crippen LogP contribution is -2.59. The van der Waals surface area contributed by atoms with Crippen molar-refractivity contribution >= 4 is 5.97 Å². The van der Waals surface area contributed by atoms with Crippen molar-refractivity contribution in [2.45, 2.75) is 24.9 Å². The van der Waals surface area contributed by atoms with Crippen molar-refractivity contribution in [1.82, 2.24) is 0 Å². The monoisotopic (exact) mass is 252 g/mol. The van der Waals surface area contributed by atoms with Gasteiger partial charge in [-0.15, -0.1) is 0 Å². The van der Waals surface area contributed by atoms with Gasteiger partial charge in [0.15, 0.2) is 6.10 Å². The van der Waals surface area contributed by atoms with E-state index in [1.807, 2.05) is 30.3 Å². The maximum absolute atomic E-state index is 11.1. The van der Waals surface area contributed by atoms with Gasteiger partial charge in [0.05, 0.1) is 20.3 Å². The second-order valence-electron chi connectivity index (χ2n) is 4.11. The van der Waals surface area contributed by atoms with Gasteiger partial charge in [0.2, 0.25) is 0 Å². The van der Waals surface area contributed by atoms with Gasteiger partial charge in [-0.2, -0.15) is 0 Å². The molecule has 1 heterocycles. The van der Waals surface area contributed by atoms with Crippen molar-refractivity contribution < 1.29 is 24.1 Å². The Kier molecular flexibility index (Phi) is 4.30.